The highest BCUT2D eigenvalue weighted by molar-refractivity contribution is 5.85. The van der Waals surface area contributed by atoms with Crippen molar-refractivity contribution in [3.63, 3.8) is 0 Å². The Morgan fingerprint density at radius 2 is 0.622 bits per heavy atom. The standard InChI is InChI=1S/C43H38O2/c44-41-37(31-17-7-3-8-18-31)27-35(28-38(41)32-19-9-4-10-20-32)43(25-15-1-2-16-26-43)36-29-39(33-21-11-5-12-22-33)42(45)40(30-36)34-23-13-6-14-24-34/h3-14,17-24,27-30,44-45H,1-2,15-16,25-26H2. The lowest BCUT2D eigenvalue weighted by molar-refractivity contribution is 0.441. The first-order valence-electron chi connectivity index (χ1n) is 16.1. The molecule has 0 atom stereocenters. The molecule has 0 radical (unpaired) electrons. The van der Waals surface area contributed by atoms with E-state index in [0.29, 0.717) is 11.5 Å². The molecule has 0 unspecified atom stereocenters. The summed E-state index contributed by atoms with van der Waals surface area (Å²) in [5.74, 6) is 0.612. The highest BCUT2D eigenvalue weighted by Crippen LogP contribution is 2.51. The lowest BCUT2D eigenvalue weighted by Gasteiger charge is -2.36. The van der Waals surface area contributed by atoms with Gasteiger partial charge in [-0.15, -0.1) is 0 Å². The SMILES string of the molecule is Oc1c(-c2ccccc2)cc(C2(c3cc(-c4ccccc4)c(O)c(-c4ccccc4)c3)CCCCCC2)cc1-c1ccccc1. The largest absolute Gasteiger partial charge is 0.507 e. The zero-order valence-corrected chi connectivity index (χ0v) is 25.5. The van der Waals surface area contributed by atoms with Crippen LogP contribution in [0, 0.1) is 0 Å². The fourth-order valence-corrected chi connectivity index (χ4v) is 7.25. The molecule has 222 valence electrons. The number of hydrogen-bond acceptors (Lipinski definition) is 2. The van der Waals surface area contributed by atoms with Crippen LogP contribution < -0.4 is 0 Å². The van der Waals surface area contributed by atoms with Crippen molar-refractivity contribution < 1.29 is 10.2 Å². The second-order valence-corrected chi connectivity index (χ2v) is 12.3. The molecule has 0 heterocycles. The van der Waals surface area contributed by atoms with Gasteiger partial charge in [-0.1, -0.05) is 147 Å². The van der Waals surface area contributed by atoms with Crippen molar-refractivity contribution in [2.75, 3.05) is 0 Å². The van der Waals surface area contributed by atoms with Gasteiger partial charge in [0.25, 0.3) is 0 Å². The first-order chi connectivity index (χ1) is 22.1. The van der Waals surface area contributed by atoms with E-state index < -0.39 is 0 Å². The third kappa shape index (κ3) is 5.53. The van der Waals surface area contributed by atoms with Gasteiger partial charge < -0.3 is 10.2 Å². The average molecular weight is 587 g/mol. The fraction of sp³-hybridized carbons (Fsp3) is 0.163. The molecule has 0 spiro atoms. The molecule has 0 saturated heterocycles. The van der Waals surface area contributed by atoms with Crippen LogP contribution in [0.4, 0.5) is 0 Å². The molecule has 6 aromatic carbocycles. The molecule has 0 amide bonds. The summed E-state index contributed by atoms with van der Waals surface area (Å²) in [6.07, 6.45) is 6.62. The molecule has 6 aromatic rings. The molecular formula is C43H38O2. The molecule has 0 aliphatic heterocycles. The minimum atomic E-state index is -0.308. The van der Waals surface area contributed by atoms with Crippen LogP contribution in [0.3, 0.4) is 0 Å². The van der Waals surface area contributed by atoms with E-state index in [9.17, 15) is 10.2 Å². The number of aromatic hydroxyl groups is 2. The van der Waals surface area contributed by atoms with Gasteiger partial charge in [0, 0.05) is 27.7 Å². The number of hydrogen-bond donors (Lipinski definition) is 2. The van der Waals surface area contributed by atoms with E-state index in [1.54, 1.807) is 0 Å². The van der Waals surface area contributed by atoms with Crippen LogP contribution >= 0.6 is 0 Å². The maximum atomic E-state index is 11.8. The summed E-state index contributed by atoms with van der Waals surface area (Å²) in [5, 5.41) is 23.6. The molecular weight excluding hydrogens is 548 g/mol. The van der Waals surface area contributed by atoms with Crippen LogP contribution in [0.2, 0.25) is 0 Å². The molecule has 2 heteroatoms. The quantitative estimate of drug-likeness (QED) is 0.191. The normalized spacial score (nSPS) is 14.5. The third-order valence-electron chi connectivity index (χ3n) is 9.62. The molecule has 1 saturated carbocycles. The van der Waals surface area contributed by atoms with E-state index in [1.807, 2.05) is 72.8 Å². The maximum Gasteiger partial charge on any atom is 0.131 e. The zero-order chi connectivity index (χ0) is 30.6. The summed E-state index contributed by atoms with van der Waals surface area (Å²) in [7, 11) is 0. The molecule has 2 N–H and O–H groups in total. The Kier molecular flexibility index (Phi) is 7.96. The van der Waals surface area contributed by atoms with Crippen molar-refractivity contribution in [1.82, 2.24) is 0 Å². The van der Waals surface area contributed by atoms with Gasteiger partial charge in [0.1, 0.15) is 11.5 Å². The monoisotopic (exact) mass is 586 g/mol. The topological polar surface area (TPSA) is 40.5 Å². The second-order valence-electron chi connectivity index (χ2n) is 12.3. The molecule has 1 aliphatic rings. The van der Waals surface area contributed by atoms with Crippen molar-refractivity contribution in [2.24, 2.45) is 0 Å². The van der Waals surface area contributed by atoms with Gasteiger partial charge in [-0.3, -0.25) is 0 Å². The van der Waals surface area contributed by atoms with Crippen LogP contribution in [0.5, 0.6) is 11.5 Å². The van der Waals surface area contributed by atoms with E-state index in [4.69, 9.17) is 0 Å². The second kappa shape index (κ2) is 12.5. The van der Waals surface area contributed by atoms with Gasteiger partial charge in [-0.2, -0.15) is 0 Å². The molecule has 0 aromatic heterocycles. The Morgan fingerprint density at radius 3 is 0.889 bits per heavy atom. The van der Waals surface area contributed by atoms with Crippen LogP contribution in [-0.2, 0) is 5.41 Å². The van der Waals surface area contributed by atoms with Crippen molar-refractivity contribution in [3.8, 4) is 56.0 Å². The van der Waals surface area contributed by atoms with Crippen molar-refractivity contribution >= 4 is 0 Å². The molecule has 45 heavy (non-hydrogen) atoms. The first-order valence-corrected chi connectivity index (χ1v) is 16.1. The highest BCUT2D eigenvalue weighted by atomic mass is 16.3. The molecule has 7 rings (SSSR count). The summed E-state index contributed by atoms with van der Waals surface area (Å²) in [4.78, 5) is 0. The van der Waals surface area contributed by atoms with Crippen molar-refractivity contribution in [1.29, 1.82) is 0 Å². The van der Waals surface area contributed by atoms with E-state index in [2.05, 4.69) is 72.8 Å². The van der Waals surface area contributed by atoms with E-state index in [0.717, 1.165) is 70.2 Å². The van der Waals surface area contributed by atoms with Gasteiger partial charge in [0.05, 0.1) is 0 Å². The summed E-state index contributed by atoms with van der Waals surface area (Å²) in [5.41, 5.74) is 9.50. The lowest BCUT2D eigenvalue weighted by atomic mass is 9.67. The summed E-state index contributed by atoms with van der Waals surface area (Å²) in [6.45, 7) is 0. The van der Waals surface area contributed by atoms with Crippen LogP contribution in [0.25, 0.3) is 44.5 Å². The Balaban J connectivity index is 1.54. The van der Waals surface area contributed by atoms with Gasteiger partial charge in [0.15, 0.2) is 0 Å². The Hall–Kier alpha value is -5.08. The molecule has 2 nitrogen and oxygen atoms in total. The smallest absolute Gasteiger partial charge is 0.131 e. The first kappa shape index (κ1) is 28.7. The number of rotatable bonds is 6. The Labute approximate surface area is 266 Å². The van der Waals surface area contributed by atoms with Crippen LogP contribution in [0.15, 0.2) is 146 Å². The summed E-state index contributed by atoms with van der Waals surface area (Å²) >= 11 is 0. The summed E-state index contributed by atoms with van der Waals surface area (Å²) < 4.78 is 0. The predicted octanol–water partition coefficient (Wildman–Crippen LogP) is 11.4. The van der Waals surface area contributed by atoms with Gasteiger partial charge in [0.2, 0.25) is 0 Å². The van der Waals surface area contributed by atoms with Crippen LogP contribution in [-0.4, -0.2) is 10.2 Å². The zero-order valence-electron chi connectivity index (χ0n) is 25.5. The van der Waals surface area contributed by atoms with E-state index in [1.165, 1.54) is 24.0 Å². The van der Waals surface area contributed by atoms with E-state index >= 15 is 0 Å². The highest BCUT2D eigenvalue weighted by Gasteiger charge is 2.37. The number of phenols is 2. The van der Waals surface area contributed by atoms with Crippen LogP contribution in [0.1, 0.15) is 49.7 Å². The Morgan fingerprint density at radius 1 is 0.356 bits per heavy atom. The minimum absolute atomic E-state index is 0.306. The average Bonchev–Trinajstić information content (AvgIpc) is 3.37. The van der Waals surface area contributed by atoms with Crippen molar-refractivity contribution in [2.45, 2.75) is 43.9 Å². The number of phenolic OH excluding ortho intramolecular Hbond substituents is 2. The Bertz CT molecular complexity index is 1630. The minimum Gasteiger partial charge on any atom is -0.507 e. The van der Waals surface area contributed by atoms with Gasteiger partial charge in [-0.05, 0) is 70.5 Å². The fourth-order valence-electron chi connectivity index (χ4n) is 7.25. The lowest BCUT2D eigenvalue weighted by Crippen LogP contribution is -2.27. The third-order valence-corrected chi connectivity index (χ3v) is 9.62. The predicted molar refractivity (Wildman–Crippen MR) is 186 cm³/mol. The summed E-state index contributed by atoms with van der Waals surface area (Å²) in [6, 6.07) is 49.9. The van der Waals surface area contributed by atoms with Gasteiger partial charge in [-0.25, -0.2) is 0 Å². The molecule has 1 fully saturated rings. The molecule has 1 aliphatic carbocycles. The van der Waals surface area contributed by atoms with Gasteiger partial charge >= 0.3 is 0 Å². The van der Waals surface area contributed by atoms with E-state index in [-0.39, 0.29) is 5.41 Å². The maximum absolute atomic E-state index is 11.8. The number of benzene rings is 6. The van der Waals surface area contributed by atoms with Crippen molar-refractivity contribution in [3.05, 3.63) is 157 Å². The molecule has 0 bridgehead atoms.